The molecule has 94 valence electrons. The summed E-state index contributed by atoms with van der Waals surface area (Å²) in [6.45, 7) is 6.48. The Bertz CT molecular complexity index is 359. The largest absolute Gasteiger partial charge is 0.494 e. The molecule has 1 fully saturated rings. The van der Waals surface area contributed by atoms with Crippen LogP contribution in [0.3, 0.4) is 0 Å². The normalized spacial score (nSPS) is 19.3. The monoisotopic (exact) mass is 235 g/mol. The number of rotatable bonds is 5. The van der Waals surface area contributed by atoms with Crippen LogP contribution in [0.4, 0.5) is 0 Å². The maximum atomic E-state index is 5.72. The summed E-state index contributed by atoms with van der Waals surface area (Å²) in [5.74, 6) is 1.84. The van der Waals surface area contributed by atoms with Crippen LogP contribution in [-0.2, 0) is 0 Å². The first-order valence-electron chi connectivity index (χ1n) is 6.48. The molecule has 2 rings (SSSR count). The van der Waals surface area contributed by atoms with Crippen LogP contribution in [0.2, 0.25) is 0 Å². The van der Waals surface area contributed by atoms with E-state index in [9.17, 15) is 0 Å². The van der Waals surface area contributed by atoms with Crippen molar-refractivity contribution in [3.8, 4) is 11.5 Å². The van der Waals surface area contributed by atoms with E-state index in [-0.39, 0.29) is 0 Å². The molecule has 1 aliphatic rings. The van der Waals surface area contributed by atoms with Crippen molar-refractivity contribution in [3.63, 3.8) is 0 Å². The van der Waals surface area contributed by atoms with Crippen molar-refractivity contribution in [2.75, 3.05) is 19.8 Å². The van der Waals surface area contributed by atoms with E-state index >= 15 is 0 Å². The second-order valence-electron chi connectivity index (χ2n) is 4.21. The molecule has 1 aromatic rings. The molecule has 1 aromatic carbocycles. The Hall–Kier alpha value is -1.22. The highest BCUT2D eigenvalue weighted by Gasteiger charge is 2.20. The quantitative estimate of drug-likeness (QED) is 0.851. The van der Waals surface area contributed by atoms with Crippen molar-refractivity contribution in [1.82, 2.24) is 5.32 Å². The van der Waals surface area contributed by atoms with Crippen molar-refractivity contribution in [2.45, 2.75) is 32.7 Å². The molecule has 0 aromatic heterocycles. The molecule has 1 heterocycles. The zero-order chi connectivity index (χ0) is 12.1. The maximum absolute atomic E-state index is 5.72. The van der Waals surface area contributed by atoms with Gasteiger partial charge >= 0.3 is 0 Å². The smallest absolute Gasteiger partial charge is 0.127 e. The van der Waals surface area contributed by atoms with Gasteiger partial charge in [0.1, 0.15) is 11.5 Å². The van der Waals surface area contributed by atoms with Crippen molar-refractivity contribution in [1.29, 1.82) is 0 Å². The lowest BCUT2D eigenvalue weighted by atomic mass is 10.0. The van der Waals surface area contributed by atoms with E-state index in [1.165, 1.54) is 18.4 Å². The fraction of sp³-hybridized carbons (Fsp3) is 0.571. The first-order valence-corrected chi connectivity index (χ1v) is 6.48. The lowest BCUT2D eigenvalue weighted by Crippen LogP contribution is -2.14. The van der Waals surface area contributed by atoms with Crippen LogP contribution < -0.4 is 14.8 Å². The fourth-order valence-corrected chi connectivity index (χ4v) is 2.29. The minimum atomic E-state index is 0.437. The molecule has 1 atom stereocenters. The highest BCUT2D eigenvalue weighted by molar-refractivity contribution is 5.42. The number of ether oxygens (including phenoxy) is 2. The third kappa shape index (κ3) is 2.91. The van der Waals surface area contributed by atoms with Crippen molar-refractivity contribution < 1.29 is 9.47 Å². The molecule has 0 unspecified atom stereocenters. The van der Waals surface area contributed by atoms with Crippen LogP contribution in [0, 0.1) is 0 Å². The van der Waals surface area contributed by atoms with Crippen LogP contribution in [0.25, 0.3) is 0 Å². The van der Waals surface area contributed by atoms with Crippen molar-refractivity contribution >= 4 is 0 Å². The highest BCUT2D eigenvalue weighted by Crippen LogP contribution is 2.33. The van der Waals surface area contributed by atoms with E-state index in [1.807, 2.05) is 26.0 Å². The van der Waals surface area contributed by atoms with E-state index in [4.69, 9.17) is 9.47 Å². The number of benzene rings is 1. The summed E-state index contributed by atoms with van der Waals surface area (Å²) in [4.78, 5) is 0. The predicted octanol–water partition coefficient (Wildman–Crippen LogP) is 2.91. The second-order valence-corrected chi connectivity index (χ2v) is 4.21. The van der Waals surface area contributed by atoms with E-state index in [2.05, 4.69) is 11.4 Å². The van der Waals surface area contributed by atoms with Gasteiger partial charge in [0.05, 0.1) is 13.2 Å². The van der Waals surface area contributed by atoms with Gasteiger partial charge in [-0.3, -0.25) is 0 Å². The summed E-state index contributed by atoms with van der Waals surface area (Å²) in [6.07, 6.45) is 2.43. The first kappa shape index (κ1) is 12.2. The van der Waals surface area contributed by atoms with Crippen molar-refractivity contribution in [2.24, 2.45) is 0 Å². The second kappa shape index (κ2) is 5.92. The van der Waals surface area contributed by atoms with E-state index in [0.29, 0.717) is 19.3 Å². The number of hydrogen-bond donors (Lipinski definition) is 1. The van der Waals surface area contributed by atoms with Gasteiger partial charge in [0, 0.05) is 17.7 Å². The Morgan fingerprint density at radius 2 is 2.06 bits per heavy atom. The number of hydrogen-bond acceptors (Lipinski definition) is 3. The summed E-state index contributed by atoms with van der Waals surface area (Å²) in [7, 11) is 0. The van der Waals surface area contributed by atoms with Gasteiger partial charge in [-0.1, -0.05) is 6.07 Å². The van der Waals surface area contributed by atoms with E-state index in [1.54, 1.807) is 0 Å². The Balaban J connectivity index is 2.23. The molecule has 3 heteroatoms. The minimum absolute atomic E-state index is 0.437. The third-order valence-electron chi connectivity index (χ3n) is 3.03. The molecule has 1 aliphatic heterocycles. The molecule has 0 bridgehead atoms. The van der Waals surface area contributed by atoms with Crippen LogP contribution in [0.5, 0.6) is 11.5 Å². The summed E-state index contributed by atoms with van der Waals surface area (Å²) in [5.41, 5.74) is 1.26. The molecule has 1 saturated heterocycles. The van der Waals surface area contributed by atoms with Crippen LogP contribution >= 0.6 is 0 Å². The Morgan fingerprint density at radius 1 is 1.24 bits per heavy atom. The molecular formula is C14H21NO2. The van der Waals surface area contributed by atoms with Gasteiger partial charge in [0.15, 0.2) is 0 Å². The average Bonchev–Trinajstić information content (AvgIpc) is 2.84. The average molecular weight is 235 g/mol. The van der Waals surface area contributed by atoms with Crippen LogP contribution in [0.1, 0.15) is 38.3 Å². The molecular weight excluding hydrogens is 214 g/mol. The van der Waals surface area contributed by atoms with Gasteiger partial charge in [-0.05, 0) is 39.3 Å². The summed E-state index contributed by atoms with van der Waals surface area (Å²) < 4.78 is 11.2. The zero-order valence-electron chi connectivity index (χ0n) is 10.7. The van der Waals surface area contributed by atoms with Gasteiger partial charge < -0.3 is 14.8 Å². The van der Waals surface area contributed by atoms with Crippen LogP contribution in [0.15, 0.2) is 18.2 Å². The molecule has 1 N–H and O–H groups in total. The maximum Gasteiger partial charge on any atom is 0.127 e. The lowest BCUT2D eigenvalue weighted by molar-refractivity contribution is 0.318. The van der Waals surface area contributed by atoms with Gasteiger partial charge in [-0.15, -0.1) is 0 Å². The Morgan fingerprint density at radius 3 is 2.71 bits per heavy atom. The Kier molecular flexibility index (Phi) is 4.26. The van der Waals surface area contributed by atoms with E-state index < -0.39 is 0 Å². The molecule has 3 nitrogen and oxygen atoms in total. The topological polar surface area (TPSA) is 30.5 Å². The van der Waals surface area contributed by atoms with Gasteiger partial charge in [0.2, 0.25) is 0 Å². The molecule has 17 heavy (non-hydrogen) atoms. The minimum Gasteiger partial charge on any atom is -0.494 e. The molecule has 0 spiro atoms. The van der Waals surface area contributed by atoms with Gasteiger partial charge in [-0.25, -0.2) is 0 Å². The predicted molar refractivity (Wildman–Crippen MR) is 68.8 cm³/mol. The zero-order valence-corrected chi connectivity index (χ0v) is 10.7. The Labute approximate surface area is 103 Å². The molecule has 0 aliphatic carbocycles. The molecule has 0 amide bonds. The summed E-state index contributed by atoms with van der Waals surface area (Å²) in [6, 6.07) is 6.59. The fourth-order valence-electron chi connectivity index (χ4n) is 2.29. The van der Waals surface area contributed by atoms with Crippen LogP contribution in [-0.4, -0.2) is 19.8 Å². The SMILES string of the molecule is CCOc1ccc([C@H]2CCCN2)c(OCC)c1. The first-order chi connectivity index (χ1) is 8.35. The lowest BCUT2D eigenvalue weighted by Gasteiger charge is -2.17. The third-order valence-corrected chi connectivity index (χ3v) is 3.03. The van der Waals surface area contributed by atoms with Crippen molar-refractivity contribution in [3.05, 3.63) is 23.8 Å². The highest BCUT2D eigenvalue weighted by atomic mass is 16.5. The standard InChI is InChI=1S/C14H21NO2/c1-3-16-11-7-8-12(13-6-5-9-15-13)14(10-11)17-4-2/h7-8,10,13,15H,3-6,9H2,1-2H3/t13-/m1/s1. The molecule has 0 radical (unpaired) electrons. The van der Waals surface area contributed by atoms with Gasteiger partial charge in [0.25, 0.3) is 0 Å². The number of nitrogens with one attached hydrogen (secondary N) is 1. The summed E-state index contributed by atoms with van der Waals surface area (Å²) >= 11 is 0. The molecule has 0 saturated carbocycles. The summed E-state index contributed by atoms with van der Waals surface area (Å²) in [5, 5.41) is 3.50. The van der Waals surface area contributed by atoms with E-state index in [0.717, 1.165) is 18.0 Å². The van der Waals surface area contributed by atoms with Gasteiger partial charge in [-0.2, -0.15) is 0 Å².